The first-order valence-electron chi connectivity index (χ1n) is 6.46. The molecule has 2 aromatic heterocycles. The third-order valence-corrected chi connectivity index (χ3v) is 3.62. The van der Waals surface area contributed by atoms with Gasteiger partial charge < -0.3 is 5.32 Å². The van der Waals surface area contributed by atoms with Gasteiger partial charge in [0.15, 0.2) is 10.8 Å². The highest BCUT2D eigenvalue weighted by Gasteiger charge is 2.19. The van der Waals surface area contributed by atoms with Crippen LogP contribution in [0.15, 0.2) is 11.4 Å². The molecule has 0 atom stereocenters. The van der Waals surface area contributed by atoms with Gasteiger partial charge in [0.1, 0.15) is 5.82 Å². The van der Waals surface area contributed by atoms with E-state index in [0.717, 1.165) is 28.8 Å². The lowest BCUT2D eigenvalue weighted by atomic mass is 9.92. The van der Waals surface area contributed by atoms with E-state index in [2.05, 4.69) is 48.0 Å². The summed E-state index contributed by atoms with van der Waals surface area (Å²) in [6.45, 7) is 11.4. The van der Waals surface area contributed by atoms with Crippen molar-refractivity contribution in [3.8, 4) is 10.8 Å². The lowest BCUT2D eigenvalue weighted by Crippen LogP contribution is -2.16. The van der Waals surface area contributed by atoms with Crippen molar-refractivity contribution in [1.82, 2.24) is 15.0 Å². The Morgan fingerprint density at radius 1 is 1.21 bits per heavy atom. The zero-order valence-electron chi connectivity index (χ0n) is 12.1. The van der Waals surface area contributed by atoms with Gasteiger partial charge in [-0.1, -0.05) is 20.8 Å². The van der Waals surface area contributed by atoms with Gasteiger partial charge in [0.2, 0.25) is 0 Å². The first-order valence-corrected chi connectivity index (χ1v) is 7.34. The van der Waals surface area contributed by atoms with E-state index in [0.29, 0.717) is 5.82 Å². The van der Waals surface area contributed by atoms with E-state index in [-0.39, 0.29) is 5.41 Å². The predicted octanol–water partition coefficient (Wildman–Crippen LogP) is 3.64. The zero-order chi connectivity index (χ0) is 14.0. The molecule has 2 aromatic rings. The van der Waals surface area contributed by atoms with Crippen LogP contribution in [0.1, 0.15) is 39.1 Å². The standard InChI is InChI=1S/C14H20N4S/c1-6-15-11-7-10(14(3,4)5)17-12(18-11)13-16-9(2)8-19-13/h7-8H,6H2,1-5H3,(H,15,17,18). The monoisotopic (exact) mass is 276 g/mol. The maximum absolute atomic E-state index is 4.67. The van der Waals surface area contributed by atoms with Crippen molar-refractivity contribution in [2.24, 2.45) is 0 Å². The van der Waals surface area contributed by atoms with Gasteiger partial charge in [-0.2, -0.15) is 0 Å². The zero-order valence-corrected chi connectivity index (χ0v) is 12.9. The summed E-state index contributed by atoms with van der Waals surface area (Å²) in [7, 11) is 0. The average Bonchev–Trinajstić information content (AvgIpc) is 2.75. The van der Waals surface area contributed by atoms with Gasteiger partial charge in [-0.05, 0) is 13.8 Å². The van der Waals surface area contributed by atoms with E-state index in [4.69, 9.17) is 0 Å². The highest BCUT2D eigenvalue weighted by Crippen LogP contribution is 2.27. The number of aromatic nitrogens is 3. The number of nitrogens with one attached hydrogen (secondary N) is 1. The molecule has 0 saturated carbocycles. The summed E-state index contributed by atoms with van der Waals surface area (Å²) in [5.41, 5.74) is 2.03. The molecular weight excluding hydrogens is 256 g/mol. The van der Waals surface area contributed by atoms with Crippen LogP contribution in [0, 0.1) is 6.92 Å². The Morgan fingerprint density at radius 3 is 2.47 bits per heavy atom. The molecule has 0 aliphatic heterocycles. The van der Waals surface area contributed by atoms with Crippen LogP contribution < -0.4 is 5.32 Å². The number of nitrogens with zero attached hydrogens (tertiary/aromatic N) is 3. The Morgan fingerprint density at radius 2 is 1.95 bits per heavy atom. The minimum atomic E-state index is -0.00579. The van der Waals surface area contributed by atoms with Crippen LogP contribution in [0.3, 0.4) is 0 Å². The van der Waals surface area contributed by atoms with Gasteiger partial charge in [0, 0.05) is 29.1 Å². The largest absolute Gasteiger partial charge is 0.370 e. The van der Waals surface area contributed by atoms with E-state index >= 15 is 0 Å². The maximum Gasteiger partial charge on any atom is 0.190 e. The molecular formula is C14H20N4S. The summed E-state index contributed by atoms with van der Waals surface area (Å²) in [4.78, 5) is 13.7. The van der Waals surface area contributed by atoms with E-state index in [1.165, 1.54) is 0 Å². The topological polar surface area (TPSA) is 50.7 Å². The summed E-state index contributed by atoms with van der Waals surface area (Å²) in [5.74, 6) is 1.58. The summed E-state index contributed by atoms with van der Waals surface area (Å²) < 4.78 is 0. The normalized spacial score (nSPS) is 11.6. The van der Waals surface area contributed by atoms with Crippen LogP contribution in [0.5, 0.6) is 0 Å². The summed E-state index contributed by atoms with van der Waals surface area (Å²) >= 11 is 1.58. The Labute approximate surface area is 118 Å². The molecule has 2 rings (SSSR count). The first-order chi connectivity index (χ1) is 8.90. The molecule has 19 heavy (non-hydrogen) atoms. The fourth-order valence-electron chi connectivity index (χ4n) is 1.66. The predicted molar refractivity (Wildman–Crippen MR) is 80.7 cm³/mol. The SMILES string of the molecule is CCNc1cc(C(C)(C)C)nc(-c2nc(C)cs2)n1. The third kappa shape index (κ3) is 3.29. The molecule has 4 nitrogen and oxygen atoms in total. The first kappa shape index (κ1) is 13.9. The number of rotatable bonds is 3. The van der Waals surface area contributed by atoms with Crippen molar-refractivity contribution in [3.05, 3.63) is 22.8 Å². The van der Waals surface area contributed by atoms with Crippen LogP contribution in [0.4, 0.5) is 5.82 Å². The van der Waals surface area contributed by atoms with Crippen LogP contribution in [0.2, 0.25) is 0 Å². The van der Waals surface area contributed by atoms with Crippen molar-refractivity contribution in [2.75, 3.05) is 11.9 Å². The highest BCUT2D eigenvalue weighted by molar-refractivity contribution is 7.13. The fourth-order valence-corrected chi connectivity index (χ4v) is 2.38. The molecule has 0 bridgehead atoms. The van der Waals surface area contributed by atoms with Crippen LogP contribution in [-0.2, 0) is 5.41 Å². The second kappa shape index (κ2) is 5.25. The van der Waals surface area contributed by atoms with Gasteiger partial charge in [0.25, 0.3) is 0 Å². The van der Waals surface area contributed by atoms with Crippen LogP contribution in [-0.4, -0.2) is 21.5 Å². The molecule has 0 fully saturated rings. The van der Waals surface area contributed by atoms with E-state index in [1.807, 2.05) is 18.4 Å². The third-order valence-electron chi connectivity index (χ3n) is 2.66. The van der Waals surface area contributed by atoms with Gasteiger partial charge in [-0.25, -0.2) is 15.0 Å². The number of thiazole rings is 1. The van der Waals surface area contributed by atoms with E-state index in [1.54, 1.807) is 11.3 Å². The average molecular weight is 276 g/mol. The second-order valence-electron chi connectivity index (χ2n) is 5.54. The molecule has 0 radical (unpaired) electrons. The molecule has 0 aliphatic rings. The minimum absolute atomic E-state index is 0.00579. The van der Waals surface area contributed by atoms with Gasteiger partial charge in [0.05, 0.1) is 5.69 Å². The molecule has 0 aromatic carbocycles. The number of hydrogen-bond acceptors (Lipinski definition) is 5. The number of hydrogen-bond donors (Lipinski definition) is 1. The maximum atomic E-state index is 4.67. The van der Waals surface area contributed by atoms with Gasteiger partial charge >= 0.3 is 0 Å². The Kier molecular flexibility index (Phi) is 3.85. The van der Waals surface area contributed by atoms with Crippen molar-refractivity contribution >= 4 is 17.2 Å². The number of anilines is 1. The molecule has 1 N–H and O–H groups in total. The molecule has 102 valence electrons. The Balaban J connectivity index is 2.51. The summed E-state index contributed by atoms with van der Waals surface area (Å²) in [5, 5.41) is 6.16. The quantitative estimate of drug-likeness (QED) is 0.930. The van der Waals surface area contributed by atoms with Crippen molar-refractivity contribution in [1.29, 1.82) is 0 Å². The minimum Gasteiger partial charge on any atom is -0.370 e. The molecule has 0 saturated heterocycles. The second-order valence-corrected chi connectivity index (χ2v) is 6.39. The van der Waals surface area contributed by atoms with E-state index in [9.17, 15) is 0 Å². The van der Waals surface area contributed by atoms with Gasteiger partial charge in [-0.15, -0.1) is 11.3 Å². The number of aryl methyl sites for hydroxylation is 1. The summed E-state index contributed by atoms with van der Waals surface area (Å²) in [6.07, 6.45) is 0. The molecule has 0 unspecified atom stereocenters. The van der Waals surface area contributed by atoms with Crippen molar-refractivity contribution in [3.63, 3.8) is 0 Å². The molecule has 2 heterocycles. The lowest BCUT2D eigenvalue weighted by Gasteiger charge is -2.19. The Hall–Kier alpha value is -1.49. The molecule has 5 heteroatoms. The molecule has 0 aliphatic carbocycles. The lowest BCUT2D eigenvalue weighted by molar-refractivity contribution is 0.568. The Bertz CT molecular complexity index is 569. The van der Waals surface area contributed by atoms with Gasteiger partial charge in [-0.3, -0.25) is 0 Å². The van der Waals surface area contributed by atoms with Crippen molar-refractivity contribution < 1.29 is 0 Å². The van der Waals surface area contributed by atoms with Crippen LogP contribution >= 0.6 is 11.3 Å². The molecule has 0 amide bonds. The van der Waals surface area contributed by atoms with Crippen molar-refractivity contribution in [2.45, 2.75) is 40.0 Å². The highest BCUT2D eigenvalue weighted by atomic mass is 32.1. The smallest absolute Gasteiger partial charge is 0.190 e. The summed E-state index contributed by atoms with van der Waals surface area (Å²) in [6, 6.07) is 2.02. The van der Waals surface area contributed by atoms with Crippen LogP contribution in [0.25, 0.3) is 10.8 Å². The fraction of sp³-hybridized carbons (Fsp3) is 0.500. The molecule has 0 spiro atoms. The van der Waals surface area contributed by atoms with E-state index < -0.39 is 0 Å².